The maximum atomic E-state index is 14.3. The molecule has 0 spiro atoms. The fourth-order valence-electron chi connectivity index (χ4n) is 4.75. The van der Waals surface area contributed by atoms with Crippen LogP contribution in [0, 0.1) is 11.7 Å². The Bertz CT molecular complexity index is 1290. The fraction of sp³-hybridized carbons (Fsp3) is 0.440. The van der Waals surface area contributed by atoms with Crippen LogP contribution in [0.2, 0.25) is 0 Å². The third-order valence-electron chi connectivity index (χ3n) is 6.86. The van der Waals surface area contributed by atoms with Gasteiger partial charge in [0.25, 0.3) is 5.91 Å². The van der Waals surface area contributed by atoms with E-state index in [0.717, 1.165) is 4.68 Å². The Morgan fingerprint density at radius 2 is 1.79 bits per heavy atom. The molecule has 5 rings (SSSR count). The first-order valence-corrected chi connectivity index (χ1v) is 12.4. The topological polar surface area (TPSA) is 106 Å². The van der Waals surface area contributed by atoms with Crippen molar-refractivity contribution in [3.63, 3.8) is 0 Å². The molecule has 10 nitrogen and oxygen atoms in total. The monoisotopic (exact) mass is 550 g/mol. The fourth-order valence-corrected chi connectivity index (χ4v) is 4.75. The van der Waals surface area contributed by atoms with E-state index in [0.29, 0.717) is 31.9 Å². The smallest absolute Gasteiger partial charge is 0.394 e. The van der Waals surface area contributed by atoms with Gasteiger partial charge in [0.1, 0.15) is 12.1 Å². The van der Waals surface area contributed by atoms with Gasteiger partial charge in [-0.1, -0.05) is 12.1 Å². The normalized spacial score (nSPS) is 20.2. The summed E-state index contributed by atoms with van der Waals surface area (Å²) in [6.07, 6.45) is -2.20. The molecule has 2 unspecified atom stereocenters. The Kier molecular flexibility index (Phi) is 7.55. The highest BCUT2D eigenvalue weighted by Crippen LogP contribution is 2.42. The van der Waals surface area contributed by atoms with Gasteiger partial charge in [0.15, 0.2) is 5.82 Å². The molecule has 1 N–H and O–H groups in total. The number of aromatic nitrogens is 3. The number of hydrogen-bond donors (Lipinski definition) is 1. The first-order valence-electron chi connectivity index (χ1n) is 12.4. The highest BCUT2D eigenvalue weighted by Gasteiger charge is 2.50. The predicted octanol–water partition coefficient (Wildman–Crippen LogP) is 3.73. The maximum absolute atomic E-state index is 14.3. The minimum atomic E-state index is -4.64. The second kappa shape index (κ2) is 11.0. The van der Waals surface area contributed by atoms with E-state index >= 15 is 0 Å². The van der Waals surface area contributed by atoms with Gasteiger partial charge in [-0.15, -0.1) is 5.10 Å². The third kappa shape index (κ3) is 5.90. The minimum absolute atomic E-state index is 0.0401. The molecule has 2 amide bonds. The van der Waals surface area contributed by atoms with Gasteiger partial charge in [0, 0.05) is 38.6 Å². The number of carbonyl (C=O) groups is 2. The highest BCUT2D eigenvalue weighted by molar-refractivity contribution is 5.96. The number of ether oxygens (including phenoxy) is 1. The number of alkyl halides is 3. The predicted molar refractivity (Wildman–Crippen MR) is 128 cm³/mol. The Hall–Kier alpha value is -3.94. The molecule has 0 saturated carbocycles. The van der Waals surface area contributed by atoms with Crippen molar-refractivity contribution in [2.75, 3.05) is 44.7 Å². The van der Waals surface area contributed by atoms with Gasteiger partial charge < -0.3 is 24.3 Å². The van der Waals surface area contributed by atoms with Crippen LogP contribution in [-0.4, -0.2) is 82.1 Å². The molecule has 2 fully saturated rings. The number of benzene rings is 1. The summed E-state index contributed by atoms with van der Waals surface area (Å²) in [4.78, 5) is 33.0. The number of rotatable bonds is 5. The Morgan fingerprint density at radius 3 is 2.46 bits per heavy atom. The van der Waals surface area contributed by atoms with Crippen molar-refractivity contribution >= 4 is 17.9 Å². The second-order valence-electron chi connectivity index (χ2n) is 9.37. The van der Waals surface area contributed by atoms with Crippen LogP contribution in [0.25, 0.3) is 0 Å². The number of hydrogen-bond acceptors (Lipinski definition) is 7. The number of halogens is 4. The van der Waals surface area contributed by atoms with Gasteiger partial charge >= 0.3 is 12.2 Å². The Labute approximate surface area is 220 Å². The molecule has 0 radical (unpaired) electrons. The van der Waals surface area contributed by atoms with Crippen LogP contribution in [-0.2, 0) is 11.3 Å². The summed E-state index contributed by atoms with van der Waals surface area (Å²) in [6.45, 7) is 0.964. The van der Waals surface area contributed by atoms with Crippen LogP contribution in [0.1, 0.15) is 34.1 Å². The number of anilines is 1. The summed E-state index contributed by atoms with van der Waals surface area (Å²) >= 11 is 0. The Morgan fingerprint density at radius 1 is 1.05 bits per heavy atom. The minimum Gasteiger partial charge on any atom is -0.472 e. The molecule has 2 aliphatic rings. The first-order chi connectivity index (χ1) is 18.7. The van der Waals surface area contributed by atoms with Crippen molar-refractivity contribution in [1.29, 1.82) is 0 Å². The number of furan rings is 1. The average Bonchev–Trinajstić information content (AvgIpc) is 3.63. The van der Waals surface area contributed by atoms with E-state index < -0.39 is 42.3 Å². The summed E-state index contributed by atoms with van der Waals surface area (Å²) in [5, 5.41) is 7.13. The average molecular weight is 551 g/mol. The van der Waals surface area contributed by atoms with Crippen LogP contribution in [0.15, 0.2) is 47.3 Å². The third-order valence-corrected chi connectivity index (χ3v) is 6.86. The molecule has 2 aromatic heterocycles. The van der Waals surface area contributed by atoms with Crippen LogP contribution in [0.3, 0.4) is 0 Å². The lowest BCUT2D eigenvalue weighted by atomic mass is 9.84. The zero-order chi connectivity index (χ0) is 27.6. The lowest BCUT2D eigenvalue weighted by molar-refractivity contribution is -0.190. The molecule has 0 bridgehead atoms. The van der Waals surface area contributed by atoms with Gasteiger partial charge in [0.2, 0.25) is 5.95 Å². The molecule has 39 heavy (non-hydrogen) atoms. The van der Waals surface area contributed by atoms with Crippen molar-refractivity contribution in [1.82, 2.24) is 24.6 Å². The quantitative estimate of drug-likeness (QED) is 0.483. The molecule has 3 aromatic rings. The molecular weight excluding hydrogens is 524 g/mol. The van der Waals surface area contributed by atoms with Crippen molar-refractivity contribution in [3.8, 4) is 0 Å². The zero-order valence-electron chi connectivity index (χ0n) is 20.7. The molecule has 1 aromatic carbocycles. The number of nitrogens with one attached hydrogen (secondary N) is 1. The van der Waals surface area contributed by atoms with Crippen molar-refractivity contribution in [2.24, 2.45) is 5.92 Å². The molecule has 14 heteroatoms. The summed E-state index contributed by atoms with van der Waals surface area (Å²) < 4.78 is 67.2. The molecule has 0 aliphatic carbocycles. The van der Waals surface area contributed by atoms with E-state index in [-0.39, 0.29) is 36.8 Å². The van der Waals surface area contributed by atoms with Crippen LogP contribution in [0.5, 0.6) is 0 Å². The van der Waals surface area contributed by atoms with E-state index in [4.69, 9.17) is 9.15 Å². The molecule has 4 heterocycles. The van der Waals surface area contributed by atoms with Crippen molar-refractivity contribution in [3.05, 3.63) is 65.6 Å². The van der Waals surface area contributed by atoms with Crippen LogP contribution >= 0.6 is 0 Å². The summed E-state index contributed by atoms with van der Waals surface area (Å²) in [5.41, 5.74) is 0.793. The largest absolute Gasteiger partial charge is 0.472 e. The van der Waals surface area contributed by atoms with E-state index in [1.165, 1.54) is 52.7 Å². The summed E-state index contributed by atoms with van der Waals surface area (Å²) in [7, 11) is 0. The van der Waals surface area contributed by atoms with Crippen LogP contribution < -0.4 is 5.32 Å². The van der Waals surface area contributed by atoms with Crippen LogP contribution in [0.4, 0.5) is 28.3 Å². The number of nitrogens with zero attached hydrogens (tertiary/aromatic N) is 5. The lowest BCUT2D eigenvalue weighted by Crippen LogP contribution is -2.54. The van der Waals surface area contributed by atoms with E-state index in [9.17, 15) is 27.2 Å². The SMILES string of the molecule is O=C(N1CCOCC1)N1CCC(c2nc(NCc3ccc(F)cc3)n(C(=O)c3ccoc3)n2)C(C(F)(F)F)C1. The molecular formula is C25H26F4N6O4. The number of amides is 2. The lowest BCUT2D eigenvalue weighted by Gasteiger charge is -2.41. The van der Waals surface area contributed by atoms with Gasteiger partial charge in [-0.2, -0.15) is 22.8 Å². The molecule has 2 saturated heterocycles. The standard InChI is InChI=1S/C25H26F4N6O4/c26-18-3-1-16(2-4-18)13-30-23-31-21(32-35(23)22(36)17-6-10-39-15-17)19-5-7-34(14-20(19)25(27,28)29)24(37)33-8-11-38-12-9-33/h1-4,6,10,15,19-20H,5,7-9,11-14H2,(H,30,31,32). The molecule has 2 aliphatic heterocycles. The van der Waals surface area contributed by atoms with E-state index in [1.807, 2.05) is 0 Å². The number of morpholine rings is 1. The number of piperidine rings is 1. The maximum Gasteiger partial charge on any atom is 0.394 e. The van der Waals surface area contributed by atoms with Gasteiger partial charge in [-0.3, -0.25) is 4.79 Å². The molecule has 2 atom stereocenters. The Balaban J connectivity index is 1.41. The highest BCUT2D eigenvalue weighted by atomic mass is 19.4. The first kappa shape index (κ1) is 26.7. The summed E-state index contributed by atoms with van der Waals surface area (Å²) in [5.74, 6) is -4.39. The van der Waals surface area contributed by atoms with Gasteiger partial charge in [0.05, 0.1) is 31.0 Å². The van der Waals surface area contributed by atoms with Gasteiger partial charge in [-0.05, 0) is 30.2 Å². The van der Waals surface area contributed by atoms with E-state index in [1.54, 1.807) is 0 Å². The number of carbonyl (C=O) groups excluding carboxylic acids is 2. The van der Waals surface area contributed by atoms with Crippen molar-refractivity contribution in [2.45, 2.75) is 25.1 Å². The second-order valence-corrected chi connectivity index (χ2v) is 9.37. The zero-order valence-corrected chi connectivity index (χ0v) is 20.7. The molecule has 208 valence electrons. The van der Waals surface area contributed by atoms with Gasteiger partial charge in [-0.25, -0.2) is 9.18 Å². The number of urea groups is 1. The summed E-state index contributed by atoms with van der Waals surface area (Å²) in [6, 6.07) is 6.54. The van der Waals surface area contributed by atoms with Crippen molar-refractivity contribution < 1.29 is 36.3 Å². The number of likely N-dealkylation sites (tertiary alicyclic amines) is 1. The van der Waals surface area contributed by atoms with E-state index in [2.05, 4.69) is 15.4 Å².